The molecule has 0 amide bonds. The van der Waals surface area contributed by atoms with E-state index in [1.54, 1.807) is 42.5 Å². The Morgan fingerprint density at radius 3 is 2.45 bits per heavy atom. The number of hydrogen-bond acceptors (Lipinski definition) is 7. The average Bonchev–Trinajstić information content (AvgIpc) is 3.42. The maximum atomic E-state index is 13.7. The predicted molar refractivity (Wildman–Crippen MR) is 150 cm³/mol. The number of hydrogen-bond donors (Lipinski definition) is 3. The summed E-state index contributed by atoms with van der Waals surface area (Å²) in [6.07, 6.45) is -4.76. The number of nitrogens with one attached hydrogen (secondary N) is 2. The first-order valence-corrected chi connectivity index (χ1v) is 13.0. The molecule has 214 valence electrons. The third kappa shape index (κ3) is 6.23. The van der Waals surface area contributed by atoms with Gasteiger partial charge in [0.15, 0.2) is 6.10 Å². The van der Waals surface area contributed by atoms with Gasteiger partial charge in [-0.25, -0.2) is 9.07 Å². The average molecular weight is 616 g/mol. The van der Waals surface area contributed by atoms with Gasteiger partial charge in [-0.2, -0.15) is 18.4 Å². The Bertz CT molecular complexity index is 1790. The number of pyridine rings is 1. The van der Waals surface area contributed by atoms with Crippen LogP contribution in [-0.2, 0) is 6.54 Å². The Balaban J connectivity index is 1.55. The van der Waals surface area contributed by atoms with E-state index in [4.69, 9.17) is 23.2 Å². The van der Waals surface area contributed by atoms with E-state index in [1.165, 1.54) is 30.6 Å². The van der Waals surface area contributed by atoms with E-state index >= 15 is 0 Å². The number of alkyl halides is 3. The summed E-state index contributed by atoms with van der Waals surface area (Å²) in [7, 11) is 0. The molecule has 8 nitrogen and oxygen atoms in total. The molecule has 1 unspecified atom stereocenters. The lowest BCUT2D eigenvalue weighted by atomic mass is 10.0. The summed E-state index contributed by atoms with van der Waals surface area (Å²) in [5, 5.41) is 34.0. The van der Waals surface area contributed by atoms with Crippen LogP contribution in [0.5, 0.6) is 0 Å². The summed E-state index contributed by atoms with van der Waals surface area (Å²) in [5.74, 6) is -0.603. The molecule has 0 aliphatic rings. The van der Waals surface area contributed by atoms with Gasteiger partial charge in [-0.05, 0) is 35.9 Å². The van der Waals surface area contributed by atoms with Crippen molar-refractivity contribution in [3.63, 3.8) is 0 Å². The maximum absolute atomic E-state index is 13.7. The lowest BCUT2D eigenvalue weighted by molar-refractivity contribution is -0.208. The molecule has 0 aliphatic carbocycles. The summed E-state index contributed by atoms with van der Waals surface area (Å²) in [6.45, 7) is -0.829. The predicted octanol–water partition coefficient (Wildman–Crippen LogP) is 7.01. The van der Waals surface area contributed by atoms with Crippen LogP contribution in [-0.4, -0.2) is 37.4 Å². The lowest BCUT2D eigenvalue weighted by Gasteiger charge is -2.20. The van der Waals surface area contributed by atoms with Gasteiger partial charge in [0.25, 0.3) is 0 Å². The van der Waals surface area contributed by atoms with Gasteiger partial charge in [0.2, 0.25) is 0 Å². The van der Waals surface area contributed by atoms with Gasteiger partial charge in [0.05, 0.1) is 45.6 Å². The zero-order chi connectivity index (χ0) is 30.0. The molecule has 2 heterocycles. The van der Waals surface area contributed by atoms with Crippen molar-refractivity contribution in [3.05, 3.63) is 106 Å². The first-order chi connectivity index (χ1) is 20.0. The fourth-order valence-electron chi connectivity index (χ4n) is 4.24. The molecule has 0 spiro atoms. The van der Waals surface area contributed by atoms with E-state index in [0.717, 1.165) is 4.68 Å². The van der Waals surface area contributed by atoms with Gasteiger partial charge >= 0.3 is 6.18 Å². The number of rotatable bonds is 8. The Morgan fingerprint density at radius 2 is 1.76 bits per heavy atom. The highest BCUT2D eigenvalue weighted by molar-refractivity contribution is 6.36. The van der Waals surface area contributed by atoms with Crippen molar-refractivity contribution in [1.29, 1.82) is 5.26 Å². The van der Waals surface area contributed by atoms with E-state index < -0.39 is 30.7 Å². The second-order valence-corrected chi connectivity index (χ2v) is 9.99. The van der Waals surface area contributed by atoms with Crippen LogP contribution >= 0.6 is 23.2 Å². The number of aliphatic hydroxyl groups is 1. The van der Waals surface area contributed by atoms with E-state index in [0.29, 0.717) is 33.5 Å². The Kier molecular flexibility index (Phi) is 8.17. The van der Waals surface area contributed by atoms with E-state index in [-0.39, 0.29) is 21.3 Å². The normalized spacial score (nSPS) is 13.0. The molecule has 0 bridgehead atoms. The minimum Gasteiger partial charge on any atom is -0.382 e. The summed E-state index contributed by atoms with van der Waals surface area (Å²) in [6, 6.07) is 17.7. The number of nitrogens with zero attached hydrogens (tertiary/aromatic N) is 5. The molecule has 0 saturated carbocycles. The number of aromatic nitrogens is 4. The Morgan fingerprint density at radius 1 is 1.02 bits per heavy atom. The number of benzene rings is 3. The zero-order valence-corrected chi connectivity index (χ0v) is 22.8. The largest absolute Gasteiger partial charge is 0.416 e. The fraction of sp³-hybridized carbons (Fsp3) is 0.143. The minimum atomic E-state index is -4.81. The third-order valence-corrected chi connectivity index (χ3v) is 6.85. The van der Waals surface area contributed by atoms with Crippen LogP contribution in [0.4, 0.5) is 34.6 Å². The second-order valence-electron chi connectivity index (χ2n) is 9.18. The number of halogens is 6. The van der Waals surface area contributed by atoms with Gasteiger partial charge in [-0.15, -0.1) is 5.10 Å². The summed E-state index contributed by atoms with van der Waals surface area (Å²) in [4.78, 5) is 4.32. The van der Waals surface area contributed by atoms with Crippen molar-refractivity contribution in [2.75, 3.05) is 10.6 Å². The van der Waals surface area contributed by atoms with E-state index in [2.05, 4.69) is 32.0 Å². The molecule has 2 atom stereocenters. The van der Waals surface area contributed by atoms with Crippen molar-refractivity contribution in [1.82, 2.24) is 20.0 Å². The highest BCUT2D eigenvalue weighted by Gasteiger charge is 2.38. The van der Waals surface area contributed by atoms with Gasteiger partial charge in [-0.3, -0.25) is 4.98 Å². The zero-order valence-electron chi connectivity index (χ0n) is 21.2. The molecule has 0 radical (unpaired) electrons. The number of aliphatic hydroxyl groups excluding tert-OH is 1. The summed E-state index contributed by atoms with van der Waals surface area (Å²) in [5.41, 5.74) is 2.76. The molecule has 14 heteroatoms. The fourth-order valence-corrected chi connectivity index (χ4v) is 4.69. The standard InChI is InChI=1S/C28H19Cl2F4N7O/c29-20-9-17(6-7-22(20)31)37-25-16(11-35)12-36-27-19(25)8-18(10-21(27)30)38-26(15-4-2-1-3-5-15)23-13-41(40-39-23)14-24(42)28(32,33)34/h1-10,12-13,24,26,38,42H,14H2,(H,36,37)/t24?,26-/m0/s1. The monoisotopic (exact) mass is 615 g/mol. The molecule has 3 aromatic carbocycles. The van der Waals surface area contributed by atoms with Crippen LogP contribution in [0.25, 0.3) is 10.9 Å². The van der Waals surface area contributed by atoms with Crippen LogP contribution in [0.3, 0.4) is 0 Å². The number of fused-ring (bicyclic) bond motifs is 1. The van der Waals surface area contributed by atoms with Crippen LogP contribution < -0.4 is 10.6 Å². The molecule has 0 aliphatic heterocycles. The van der Waals surface area contributed by atoms with Crippen LogP contribution in [0.2, 0.25) is 10.0 Å². The van der Waals surface area contributed by atoms with Crippen molar-refractivity contribution in [3.8, 4) is 6.07 Å². The minimum absolute atomic E-state index is 0.112. The van der Waals surface area contributed by atoms with E-state index in [9.17, 15) is 27.9 Å². The van der Waals surface area contributed by atoms with Crippen LogP contribution in [0, 0.1) is 17.1 Å². The van der Waals surface area contributed by atoms with Crippen LogP contribution in [0.15, 0.2) is 73.1 Å². The third-order valence-electron chi connectivity index (χ3n) is 6.27. The molecule has 42 heavy (non-hydrogen) atoms. The smallest absolute Gasteiger partial charge is 0.382 e. The highest BCUT2D eigenvalue weighted by Crippen LogP contribution is 2.37. The first kappa shape index (κ1) is 29.1. The molecule has 0 fully saturated rings. The van der Waals surface area contributed by atoms with Gasteiger partial charge in [0, 0.05) is 23.0 Å². The molecule has 3 N–H and O–H groups in total. The Hall–Kier alpha value is -4.44. The number of nitriles is 1. The second kappa shape index (κ2) is 11.8. The highest BCUT2D eigenvalue weighted by atomic mass is 35.5. The lowest BCUT2D eigenvalue weighted by Crippen LogP contribution is -2.33. The number of anilines is 3. The SMILES string of the molecule is N#Cc1cnc2c(Cl)cc(N[C@@H](c3ccccc3)c3cn(CC(O)C(F)(F)F)nn3)cc2c1Nc1ccc(F)c(Cl)c1. The van der Waals surface area contributed by atoms with Crippen molar-refractivity contribution in [2.24, 2.45) is 0 Å². The van der Waals surface area contributed by atoms with Gasteiger partial charge < -0.3 is 15.7 Å². The molecule has 2 aromatic heterocycles. The first-order valence-electron chi connectivity index (χ1n) is 12.2. The topological polar surface area (TPSA) is 112 Å². The van der Waals surface area contributed by atoms with Gasteiger partial charge in [-0.1, -0.05) is 58.7 Å². The van der Waals surface area contributed by atoms with E-state index in [1.807, 2.05) is 0 Å². The molecule has 0 saturated heterocycles. The van der Waals surface area contributed by atoms with Crippen LogP contribution in [0.1, 0.15) is 22.9 Å². The molecular formula is C28H19Cl2F4N7O. The van der Waals surface area contributed by atoms with Crippen molar-refractivity contribution < 1.29 is 22.7 Å². The molecule has 5 aromatic rings. The molecule has 5 rings (SSSR count). The quantitative estimate of drug-likeness (QED) is 0.161. The molecular weight excluding hydrogens is 597 g/mol. The maximum Gasteiger partial charge on any atom is 0.416 e. The Labute approximate surface area is 246 Å². The van der Waals surface area contributed by atoms with Gasteiger partial charge in [0.1, 0.15) is 17.6 Å². The van der Waals surface area contributed by atoms with Crippen molar-refractivity contribution >= 4 is 51.2 Å². The summed E-state index contributed by atoms with van der Waals surface area (Å²) < 4.78 is 53.3. The summed E-state index contributed by atoms with van der Waals surface area (Å²) >= 11 is 12.6. The van der Waals surface area contributed by atoms with Crippen molar-refractivity contribution in [2.45, 2.75) is 24.9 Å².